The van der Waals surface area contributed by atoms with E-state index in [4.69, 9.17) is 9.84 Å². The van der Waals surface area contributed by atoms with Crippen LogP contribution in [0.1, 0.15) is 12.8 Å². The van der Waals surface area contributed by atoms with E-state index in [1.165, 1.54) is 24.3 Å². The molecular formula is C12H18N2O2S. The van der Waals surface area contributed by atoms with Crippen LogP contribution in [0.5, 0.6) is 5.88 Å². The molecule has 2 heterocycles. The van der Waals surface area contributed by atoms with E-state index >= 15 is 0 Å². The van der Waals surface area contributed by atoms with Crippen LogP contribution in [0, 0.1) is 0 Å². The molecule has 0 unspecified atom stereocenters. The maximum Gasteiger partial charge on any atom is 0.213 e. The third kappa shape index (κ3) is 4.09. The molecule has 0 radical (unpaired) electrons. The Kier molecular flexibility index (Phi) is 4.94. The third-order valence-corrected chi connectivity index (χ3v) is 3.72. The van der Waals surface area contributed by atoms with Gasteiger partial charge in [0.15, 0.2) is 0 Å². The monoisotopic (exact) mass is 254 g/mol. The average Bonchev–Trinajstić information content (AvgIpc) is 2.39. The van der Waals surface area contributed by atoms with Gasteiger partial charge in [0, 0.05) is 12.1 Å². The first kappa shape index (κ1) is 12.5. The van der Waals surface area contributed by atoms with Gasteiger partial charge < -0.3 is 15.2 Å². The van der Waals surface area contributed by atoms with Crippen LogP contribution in [-0.2, 0) is 0 Å². The van der Waals surface area contributed by atoms with Crippen molar-refractivity contribution in [3.63, 3.8) is 0 Å². The Morgan fingerprint density at radius 2 is 2.24 bits per heavy atom. The normalized spacial score (nSPS) is 16.8. The molecule has 5 heteroatoms. The van der Waals surface area contributed by atoms with Gasteiger partial charge in [0.05, 0.1) is 18.5 Å². The number of hydrogen-bond acceptors (Lipinski definition) is 5. The molecule has 0 amide bonds. The molecule has 1 saturated heterocycles. The highest BCUT2D eigenvalue weighted by molar-refractivity contribution is 7.99. The molecule has 2 rings (SSSR count). The Morgan fingerprint density at radius 3 is 2.88 bits per heavy atom. The number of nitrogens with one attached hydrogen (secondary N) is 1. The molecule has 0 aliphatic carbocycles. The van der Waals surface area contributed by atoms with E-state index in [9.17, 15) is 0 Å². The van der Waals surface area contributed by atoms with E-state index in [-0.39, 0.29) is 6.61 Å². The number of nitrogens with zero attached hydrogens (tertiary/aromatic N) is 1. The van der Waals surface area contributed by atoms with Crippen molar-refractivity contribution < 1.29 is 9.84 Å². The predicted molar refractivity (Wildman–Crippen MR) is 70.8 cm³/mol. The minimum absolute atomic E-state index is 0.0153. The van der Waals surface area contributed by atoms with Crippen molar-refractivity contribution in [2.75, 3.05) is 30.0 Å². The van der Waals surface area contributed by atoms with Crippen LogP contribution in [0.2, 0.25) is 0 Å². The van der Waals surface area contributed by atoms with Gasteiger partial charge >= 0.3 is 0 Å². The Balaban J connectivity index is 1.84. The molecule has 1 aromatic rings. The molecule has 17 heavy (non-hydrogen) atoms. The van der Waals surface area contributed by atoms with E-state index in [0.717, 1.165) is 5.69 Å². The lowest BCUT2D eigenvalue weighted by atomic mass is 10.1. The summed E-state index contributed by atoms with van der Waals surface area (Å²) in [7, 11) is 0. The Morgan fingerprint density at radius 1 is 1.41 bits per heavy atom. The first-order valence-electron chi connectivity index (χ1n) is 5.92. The van der Waals surface area contributed by atoms with E-state index in [1.54, 1.807) is 6.20 Å². The van der Waals surface area contributed by atoms with E-state index in [2.05, 4.69) is 10.3 Å². The van der Waals surface area contributed by atoms with Crippen LogP contribution in [0.4, 0.5) is 5.69 Å². The van der Waals surface area contributed by atoms with Crippen molar-refractivity contribution >= 4 is 17.4 Å². The molecule has 0 atom stereocenters. The zero-order valence-electron chi connectivity index (χ0n) is 9.76. The minimum atomic E-state index is 0.0153. The standard InChI is InChI=1S/C12H18N2O2S/c15-5-6-16-12-2-1-11(9-13-12)14-10-3-7-17-8-4-10/h1-2,9-10,14-15H,3-8H2. The van der Waals surface area contributed by atoms with E-state index in [1.807, 2.05) is 23.9 Å². The molecule has 0 saturated carbocycles. The van der Waals surface area contributed by atoms with Crippen molar-refractivity contribution in [3.05, 3.63) is 18.3 Å². The molecule has 4 nitrogen and oxygen atoms in total. The van der Waals surface area contributed by atoms with Gasteiger partial charge in [-0.2, -0.15) is 11.8 Å². The predicted octanol–water partition coefficient (Wildman–Crippen LogP) is 1.76. The van der Waals surface area contributed by atoms with Crippen LogP contribution < -0.4 is 10.1 Å². The second-order valence-corrected chi connectivity index (χ2v) is 5.21. The second kappa shape index (κ2) is 6.71. The summed E-state index contributed by atoms with van der Waals surface area (Å²) < 4.78 is 5.21. The van der Waals surface area contributed by atoms with Gasteiger partial charge in [-0.15, -0.1) is 0 Å². The fourth-order valence-electron chi connectivity index (χ4n) is 1.78. The maximum atomic E-state index is 8.63. The molecule has 1 aliphatic heterocycles. The second-order valence-electron chi connectivity index (χ2n) is 3.99. The van der Waals surface area contributed by atoms with Gasteiger partial charge in [-0.25, -0.2) is 4.98 Å². The SMILES string of the molecule is OCCOc1ccc(NC2CCSCC2)cn1. The fraction of sp³-hybridized carbons (Fsp3) is 0.583. The molecule has 1 aliphatic rings. The highest BCUT2D eigenvalue weighted by Crippen LogP contribution is 2.21. The summed E-state index contributed by atoms with van der Waals surface area (Å²) in [5.74, 6) is 3.04. The number of aliphatic hydroxyl groups excluding tert-OH is 1. The van der Waals surface area contributed by atoms with Crippen LogP contribution >= 0.6 is 11.8 Å². The lowest BCUT2D eigenvalue weighted by Crippen LogP contribution is -2.24. The van der Waals surface area contributed by atoms with Crippen molar-refractivity contribution in [2.24, 2.45) is 0 Å². The van der Waals surface area contributed by atoms with Crippen LogP contribution in [-0.4, -0.2) is 40.9 Å². The average molecular weight is 254 g/mol. The van der Waals surface area contributed by atoms with Crippen molar-refractivity contribution in [1.82, 2.24) is 4.98 Å². The lowest BCUT2D eigenvalue weighted by molar-refractivity contribution is 0.196. The molecule has 0 bridgehead atoms. The molecule has 0 spiro atoms. The minimum Gasteiger partial charge on any atom is -0.475 e. The lowest BCUT2D eigenvalue weighted by Gasteiger charge is -2.23. The Bertz CT molecular complexity index is 326. The third-order valence-electron chi connectivity index (χ3n) is 2.67. The summed E-state index contributed by atoms with van der Waals surface area (Å²) in [6.07, 6.45) is 4.22. The van der Waals surface area contributed by atoms with Crippen LogP contribution in [0.15, 0.2) is 18.3 Å². The number of ether oxygens (including phenoxy) is 1. The van der Waals surface area contributed by atoms with Gasteiger partial charge in [0.1, 0.15) is 6.61 Å². The summed E-state index contributed by atoms with van der Waals surface area (Å²) in [5.41, 5.74) is 1.04. The summed E-state index contributed by atoms with van der Waals surface area (Å²) in [6.45, 7) is 0.307. The number of pyridine rings is 1. The maximum absolute atomic E-state index is 8.63. The number of aromatic nitrogens is 1. The molecule has 2 N–H and O–H groups in total. The molecule has 1 aromatic heterocycles. The van der Waals surface area contributed by atoms with Gasteiger partial charge in [-0.3, -0.25) is 0 Å². The number of thioether (sulfide) groups is 1. The number of rotatable bonds is 5. The van der Waals surface area contributed by atoms with E-state index < -0.39 is 0 Å². The zero-order valence-corrected chi connectivity index (χ0v) is 10.6. The number of hydrogen-bond donors (Lipinski definition) is 2. The summed E-state index contributed by atoms with van der Waals surface area (Å²) >= 11 is 2.02. The zero-order chi connectivity index (χ0) is 11.9. The molecular weight excluding hydrogens is 236 g/mol. The van der Waals surface area contributed by atoms with Crippen molar-refractivity contribution in [1.29, 1.82) is 0 Å². The van der Waals surface area contributed by atoms with Gasteiger partial charge in [0.25, 0.3) is 0 Å². The smallest absolute Gasteiger partial charge is 0.213 e. The topological polar surface area (TPSA) is 54.4 Å². The van der Waals surface area contributed by atoms with Crippen LogP contribution in [0.3, 0.4) is 0 Å². The van der Waals surface area contributed by atoms with Crippen molar-refractivity contribution in [2.45, 2.75) is 18.9 Å². The summed E-state index contributed by atoms with van der Waals surface area (Å²) in [5, 5.41) is 12.1. The molecule has 0 aromatic carbocycles. The highest BCUT2D eigenvalue weighted by Gasteiger charge is 2.13. The van der Waals surface area contributed by atoms with E-state index in [0.29, 0.717) is 18.5 Å². The van der Waals surface area contributed by atoms with Gasteiger partial charge in [-0.1, -0.05) is 0 Å². The summed E-state index contributed by atoms with van der Waals surface area (Å²) in [4.78, 5) is 4.18. The quantitative estimate of drug-likeness (QED) is 0.838. The number of anilines is 1. The van der Waals surface area contributed by atoms with Gasteiger partial charge in [-0.05, 0) is 30.4 Å². The summed E-state index contributed by atoms with van der Waals surface area (Å²) in [6, 6.07) is 4.37. The fourth-order valence-corrected chi connectivity index (χ4v) is 2.89. The molecule has 1 fully saturated rings. The molecule has 94 valence electrons. The Labute approximate surface area is 106 Å². The first-order chi connectivity index (χ1) is 8.38. The number of aliphatic hydroxyl groups is 1. The van der Waals surface area contributed by atoms with Crippen molar-refractivity contribution in [3.8, 4) is 5.88 Å². The highest BCUT2D eigenvalue weighted by atomic mass is 32.2. The largest absolute Gasteiger partial charge is 0.475 e. The Hall–Kier alpha value is -0.940. The van der Waals surface area contributed by atoms with Gasteiger partial charge in [0.2, 0.25) is 5.88 Å². The van der Waals surface area contributed by atoms with Crippen LogP contribution in [0.25, 0.3) is 0 Å². The first-order valence-corrected chi connectivity index (χ1v) is 7.08.